The molecule has 2 aliphatic rings. The second-order valence-corrected chi connectivity index (χ2v) is 10.2. The molecule has 0 radical (unpaired) electrons. The number of benzene rings is 2. The maximum absolute atomic E-state index is 12.9. The number of piperidine rings is 1. The minimum Gasteiger partial charge on any atom is -0.397 e. The third kappa shape index (κ3) is 5.53. The minimum atomic E-state index is -0.236. The Labute approximate surface area is 217 Å². The summed E-state index contributed by atoms with van der Waals surface area (Å²) in [6.45, 7) is 5.38. The molecule has 8 nitrogen and oxygen atoms in total. The number of anilines is 3. The molecule has 0 saturated carbocycles. The van der Waals surface area contributed by atoms with Gasteiger partial charge in [0.1, 0.15) is 5.82 Å². The summed E-state index contributed by atoms with van der Waals surface area (Å²) in [4.78, 5) is 34.3. The van der Waals surface area contributed by atoms with Crippen molar-refractivity contribution in [2.75, 3.05) is 42.1 Å². The fourth-order valence-corrected chi connectivity index (χ4v) is 5.34. The minimum absolute atomic E-state index is 0.0171. The lowest BCUT2D eigenvalue weighted by molar-refractivity contribution is 0.102. The van der Waals surface area contributed by atoms with E-state index in [9.17, 15) is 9.59 Å². The van der Waals surface area contributed by atoms with Gasteiger partial charge in [-0.25, -0.2) is 9.78 Å². The van der Waals surface area contributed by atoms with Crippen LogP contribution in [0, 0.1) is 5.41 Å². The number of pyridine rings is 1. The summed E-state index contributed by atoms with van der Waals surface area (Å²) in [7, 11) is 0. The molecule has 1 aromatic heterocycles. The highest BCUT2D eigenvalue weighted by atomic mass is 16.2. The Kier molecular flexibility index (Phi) is 6.99. The molecule has 3 aromatic rings. The molecule has 2 saturated heterocycles. The third-order valence-electron chi connectivity index (χ3n) is 7.73. The molecular weight excluding hydrogens is 464 g/mol. The van der Waals surface area contributed by atoms with Crippen molar-refractivity contribution in [1.82, 2.24) is 15.2 Å². The number of nitrogens with two attached hydrogens (primary N) is 1. The number of likely N-dealkylation sites (tertiary alicyclic amines) is 1. The van der Waals surface area contributed by atoms with E-state index in [0.717, 1.165) is 56.8 Å². The van der Waals surface area contributed by atoms with E-state index in [1.54, 1.807) is 24.4 Å². The van der Waals surface area contributed by atoms with Gasteiger partial charge in [0.2, 0.25) is 0 Å². The van der Waals surface area contributed by atoms with Gasteiger partial charge in [-0.15, -0.1) is 0 Å². The smallest absolute Gasteiger partial charge is 0.317 e. The molecule has 5 rings (SSSR count). The van der Waals surface area contributed by atoms with Crippen LogP contribution < -0.4 is 21.3 Å². The molecule has 192 valence electrons. The number of carbonyl (C=O) groups excluding carboxylic acids is 2. The van der Waals surface area contributed by atoms with E-state index in [2.05, 4.69) is 20.5 Å². The maximum atomic E-state index is 12.9. The van der Waals surface area contributed by atoms with Crippen LogP contribution in [0.3, 0.4) is 0 Å². The van der Waals surface area contributed by atoms with E-state index in [0.29, 0.717) is 16.9 Å². The molecule has 1 spiro atoms. The van der Waals surface area contributed by atoms with Crippen LogP contribution in [0.15, 0.2) is 72.9 Å². The number of amides is 3. The highest BCUT2D eigenvalue weighted by molar-refractivity contribution is 6.05. The first-order valence-corrected chi connectivity index (χ1v) is 12.9. The van der Waals surface area contributed by atoms with Crippen LogP contribution in [0.25, 0.3) is 0 Å². The lowest BCUT2D eigenvalue weighted by atomic mass is 9.78. The van der Waals surface area contributed by atoms with Crippen LogP contribution in [0.2, 0.25) is 0 Å². The van der Waals surface area contributed by atoms with Crippen LogP contribution in [-0.4, -0.2) is 48.0 Å². The SMILES string of the molecule is C[C@H](NC(=O)N1CCC2(CCN(c3ccc(C(=O)Nc4ccccc4N)cn3)CC2)C1)c1ccccc1. The van der Waals surface area contributed by atoms with E-state index >= 15 is 0 Å². The van der Waals surface area contributed by atoms with E-state index in [1.807, 2.05) is 60.4 Å². The Morgan fingerprint density at radius 3 is 2.35 bits per heavy atom. The molecule has 2 aliphatic heterocycles. The lowest BCUT2D eigenvalue weighted by Crippen LogP contribution is -2.44. The number of hydrogen-bond donors (Lipinski definition) is 3. The number of nitrogens with zero attached hydrogens (tertiary/aromatic N) is 3. The molecule has 2 aromatic carbocycles. The van der Waals surface area contributed by atoms with E-state index < -0.39 is 0 Å². The number of urea groups is 1. The highest BCUT2D eigenvalue weighted by Gasteiger charge is 2.42. The summed E-state index contributed by atoms with van der Waals surface area (Å²) in [5.74, 6) is 0.635. The van der Waals surface area contributed by atoms with Crippen molar-refractivity contribution >= 4 is 29.1 Å². The van der Waals surface area contributed by atoms with Gasteiger partial charge in [0.05, 0.1) is 23.0 Å². The number of nitrogens with one attached hydrogen (secondary N) is 2. The molecule has 1 atom stereocenters. The van der Waals surface area contributed by atoms with E-state index in [-0.39, 0.29) is 23.4 Å². The molecule has 3 amide bonds. The standard InChI is InChI=1S/C29H34N6O2/c1-21(22-7-3-2-4-8-22)32-28(37)35-18-15-29(20-35)13-16-34(17-14-29)26-12-11-23(19-31-26)27(36)33-25-10-6-5-9-24(25)30/h2-12,19,21H,13-18,20,30H2,1H3,(H,32,37)(H,33,36)/t21-/m0/s1. The molecule has 3 heterocycles. The average molecular weight is 499 g/mol. The summed E-state index contributed by atoms with van der Waals surface area (Å²) >= 11 is 0. The first kappa shape index (κ1) is 24.6. The zero-order valence-corrected chi connectivity index (χ0v) is 21.2. The van der Waals surface area contributed by atoms with Crippen molar-refractivity contribution in [2.24, 2.45) is 5.41 Å². The number of carbonyl (C=O) groups is 2. The van der Waals surface area contributed by atoms with E-state index in [4.69, 9.17) is 5.73 Å². The molecule has 0 unspecified atom stereocenters. The maximum Gasteiger partial charge on any atom is 0.317 e. The molecule has 0 bridgehead atoms. The average Bonchev–Trinajstić information content (AvgIpc) is 3.34. The Morgan fingerprint density at radius 2 is 1.65 bits per heavy atom. The topological polar surface area (TPSA) is 104 Å². The number of hydrogen-bond acceptors (Lipinski definition) is 5. The lowest BCUT2D eigenvalue weighted by Gasteiger charge is -2.39. The molecule has 0 aliphatic carbocycles. The molecule has 2 fully saturated rings. The normalized spacial score (nSPS) is 17.4. The van der Waals surface area contributed by atoms with Crippen molar-refractivity contribution in [1.29, 1.82) is 0 Å². The number of aromatic nitrogens is 1. The number of para-hydroxylation sites is 2. The Balaban J connectivity index is 1.13. The molecule has 4 N–H and O–H groups in total. The number of nitrogen functional groups attached to an aromatic ring is 1. The second-order valence-electron chi connectivity index (χ2n) is 10.2. The van der Waals surface area contributed by atoms with Gasteiger partial charge >= 0.3 is 6.03 Å². The summed E-state index contributed by atoms with van der Waals surface area (Å²) in [6, 6.07) is 20.9. The highest BCUT2D eigenvalue weighted by Crippen LogP contribution is 2.41. The summed E-state index contributed by atoms with van der Waals surface area (Å²) in [5, 5.41) is 5.99. The number of rotatable bonds is 5. The summed E-state index contributed by atoms with van der Waals surface area (Å²) < 4.78 is 0. The van der Waals surface area contributed by atoms with Gasteiger partial charge in [0, 0.05) is 32.4 Å². The molecule has 37 heavy (non-hydrogen) atoms. The van der Waals surface area contributed by atoms with Gasteiger partial charge < -0.3 is 26.2 Å². The van der Waals surface area contributed by atoms with Crippen LogP contribution in [-0.2, 0) is 0 Å². The van der Waals surface area contributed by atoms with Crippen molar-refractivity contribution in [3.63, 3.8) is 0 Å². The van der Waals surface area contributed by atoms with Crippen molar-refractivity contribution in [3.8, 4) is 0 Å². The van der Waals surface area contributed by atoms with Crippen LogP contribution in [0.4, 0.5) is 22.0 Å². The predicted octanol–water partition coefficient (Wildman–Crippen LogP) is 4.68. The molecular formula is C29H34N6O2. The van der Waals surface area contributed by atoms with Crippen LogP contribution >= 0.6 is 0 Å². The van der Waals surface area contributed by atoms with Crippen LogP contribution in [0.1, 0.15) is 48.1 Å². The second kappa shape index (κ2) is 10.5. The zero-order chi connectivity index (χ0) is 25.8. The third-order valence-corrected chi connectivity index (χ3v) is 7.73. The fraction of sp³-hybridized carbons (Fsp3) is 0.345. The fourth-order valence-electron chi connectivity index (χ4n) is 5.34. The summed E-state index contributed by atoms with van der Waals surface area (Å²) in [5.41, 5.74) is 8.80. The van der Waals surface area contributed by atoms with Gasteiger partial charge in [0.15, 0.2) is 0 Å². The summed E-state index contributed by atoms with van der Waals surface area (Å²) in [6.07, 6.45) is 4.68. The largest absolute Gasteiger partial charge is 0.397 e. The Bertz CT molecular complexity index is 1240. The first-order chi connectivity index (χ1) is 17.9. The van der Waals surface area contributed by atoms with Crippen molar-refractivity contribution < 1.29 is 9.59 Å². The monoisotopic (exact) mass is 498 g/mol. The molecule has 8 heteroatoms. The van der Waals surface area contributed by atoms with Crippen LogP contribution in [0.5, 0.6) is 0 Å². The van der Waals surface area contributed by atoms with Crippen molar-refractivity contribution in [2.45, 2.75) is 32.2 Å². The zero-order valence-electron chi connectivity index (χ0n) is 21.2. The van der Waals surface area contributed by atoms with Gasteiger partial charge in [-0.1, -0.05) is 42.5 Å². The predicted molar refractivity (Wildman–Crippen MR) is 147 cm³/mol. The van der Waals surface area contributed by atoms with Gasteiger partial charge in [-0.2, -0.15) is 0 Å². The van der Waals surface area contributed by atoms with Crippen molar-refractivity contribution in [3.05, 3.63) is 84.1 Å². The van der Waals surface area contributed by atoms with Gasteiger partial charge in [-0.05, 0) is 61.4 Å². The van der Waals surface area contributed by atoms with Gasteiger partial charge in [0.25, 0.3) is 5.91 Å². The van der Waals surface area contributed by atoms with Gasteiger partial charge in [-0.3, -0.25) is 4.79 Å². The Morgan fingerprint density at radius 1 is 0.946 bits per heavy atom. The first-order valence-electron chi connectivity index (χ1n) is 12.9. The van der Waals surface area contributed by atoms with E-state index in [1.165, 1.54) is 0 Å². The Hall–Kier alpha value is -4.07. The quantitative estimate of drug-likeness (QED) is 0.443.